The summed E-state index contributed by atoms with van der Waals surface area (Å²) in [4.78, 5) is 71.3. The Hall–Kier alpha value is -6.39. The van der Waals surface area contributed by atoms with E-state index in [2.05, 4.69) is 44.1 Å². The number of aryl methyl sites for hydroxylation is 1. The zero-order valence-electron chi connectivity index (χ0n) is 33.6. The zero-order valence-corrected chi connectivity index (χ0v) is 33.6. The number of carbonyl (C=O) groups excluding carboxylic acids is 3. The number of anilines is 3. The fourth-order valence-electron chi connectivity index (χ4n) is 8.89. The lowest BCUT2D eigenvalue weighted by molar-refractivity contribution is -0.136. The molecule has 0 spiro atoms. The Morgan fingerprint density at radius 3 is 2.60 bits per heavy atom. The Kier molecular flexibility index (Phi) is 10.4. The highest BCUT2D eigenvalue weighted by Gasteiger charge is 2.40. The van der Waals surface area contributed by atoms with Gasteiger partial charge in [0.2, 0.25) is 17.8 Å². The van der Waals surface area contributed by atoms with Crippen molar-refractivity contribution >= 4 is 46.1 Å². The van der Waals surface area contributed by atoms with Crippen molar-refractivity contribution in [3.8, 4) is 11.6 Å². The van der Waals surface area contributed by atoms with Gasteiger partial charge in [-0.1, -0.05) is 25.1 Å². The first-order chi connectivity index (χ1) is 29.1. The topological polar surface area (TPSA) is 180 Å². The van der Waals surface area contributed by atoms with Gasteiger partial charge in [0.05, 0.1) is 25.4 Å². The minimum absolute atomic E-state index is 0.208. The third-order valence-electron chi connectivity index (χ3n) is 12.3. The van der Waals surface area contributed by atoms with Crippen molar-refractivity contribution in [2.45, 2.75) is 70.2 Å². The molecule has 0 radical (unpaired) electrons. The van der Waals surface area contributed by atoms with E-state index in [9.17, 15) is 24.3 Å². The number of allylic oxidation sites excluding steroid dienone is 1. The van der Waals surface area contributed by atoms with Crippen LogP contribution in [0, 0.1) is 0 Å². The van der Waals surface area contributed by atoms with E-state index in [4.69, 9.17) is 14.7 Å². The summed E-state index contributed by atoms with van der Waals surface area (Å²) >= 11 is 0. The Labute approximate surface area is 346 Å². The second-order valence-corrected chi connectivity index (χ2v) is 15.9. The van der Waals surface area contributed by atoms with Crippen LogP contribution >= 0.6 is 0 Å². The van der Waals surface area contributed by atoms with Gasteiger partial charge < -0.3 is 25.0 Å². The van der Waals surface area contributed by atoms with Crippen LogP contribution in [0.15, 0.2) is 78.2 Å². The molecule has 2 atom stereocenters. The number of hydrogen-bond acceptors (Lipinski definition) is 12. The van der Waals surface area contributed by atoms with Gasteiger partial charge in [-0.25, -0.2) is 19.3 Å². The molecule has 5 aromatic rings. The van der Waals surface area contributed by atoms with Gasteiger partial charge >= 0.3 is 0 Å². The average molecular weight is 813 g/mol. The van der Waals surface area contributed by atoms with Crippen LogP contribution < -0.4 is 25.8 Å². The lowest BCUT2D eigenvalue weighted by atomic mass is 9.98. The number of nitrogens with one attached hydrogen (secondary N) is 2. The molecule has 0 bridgehead atoms. The number of carbonyl (C=O) groups is 3. The first kappa shape index (κ1) is 39.1. The van der Waals surface area contributed by atoms with Gasteiger partial charge in [0.1, 0.15) is 22.8 Å². The molecule has 3 amide bonds. The first-order valence-electron chi connectivity index (χ1n) is 20.7. The summed E-state index contributed by atoms with van der Waals surface area (Å²) in [5.74, 6) is 0.553. The largest absolute Gasteiger partial charge is 0.493 e. The summed E-state index contributed by atoms with van der Waals surface area (Å²) in [6.07, 6.45) is 6.47. The molecule has 6 heterocycles. The van der Waals surface area contributed by atoms with E-state index in [1.807, 2.05) is 37.3 Å². The van der Waals surface area contributed by atoms with E-state index in [-0.39, 0.29) is 36.9 Å². The molecule has 1 unspecified atom stereocenters. The van der Waals surface area contributed by atoms with Crippen molar-refractivity contribution in [3.63, 3.8) is 0 Å². The monoisotopic (exact) mass is 812 g/mol. The van der Waals surface area contributed by atoms with Crippen molar-refractivity contribution in [1.29, 1.82) is 0 Å². The summed E-state index contributed by atoms with van der Waals surface area (Å²) in [7, 11) is 0. The summed E-state index contributed by atoms with van der Waals surface area (Å²) in [6.45, 7) is 11.3. The molecule has 2 aromatic carbocycles. The highest BCUT2D eigenvalue weighted by atomic mass is 16.5. The number of hydrogen-bond donors (Lipinski definition) is 3. The predicted octanol–water partition coefficient (Wildman–Crippen LogP) is 3.80. The minimum atomic E-state index is -1.00. The van der Waals surface area contributed by atoms with Gasteiger partial charge in [0.15, 0.2) is 11.5 Å². The van der Waals surface area contributed by atoms with Crippen molar-refractivity contribution in [2.24, 2.45) is 0 Å². The number of piperidine rings is 1. The SMILES string of the molecule is C=CCn1c(=O)c2cnc(Nc3ccc(N4CCN(CCCOc5cccc6c5CN(C5CCC(=O)NC5=O)C6=O)CC4)cc3)nc2n1-c1ccc2c(n1)[C@@](O)(CC)CC2. The van der Waals surface area contributed by atoms with E-state index in [1.165, 1.54) is 10.9 Å². The maximum atomic E-state index is 13.5. The summed E-state index contributed by atoms with van der Waals surface area (Å²) in [5.41, 5.74) is 4.07. The molecule has 60 heavy (non-hydrogen) atoms. The maximum absolute atomic E-state index is 13.5. The summed E-state index contributed by atoms with van der Waals surface area (Å²) in [6, 6.07) is 16.8. The van der Waals surface area contributed by atoms with Crippen LogP contribution in [-0.4, -0.2) is 102 Å². The smallest absolute Gasteiger partial charge is 0.278 e. The van der Waals surface area contributed by atoms with Crippen molar-refractivity contribution in [2.75, 3.05) is 49.5 Å². The zero-order chi connectivity index (χ0) is 41.5. The van der Waals surface area contributed by atoms with Gasteiger partial charge in [-0.05, 0) is 80.1 Å². The standard InChI is InChI=1S/C44H48N10O6/c1-3-19-53-42(58)32-26-45-43(49-39(32)54(53)36-15-9-28-17-18-44(59,4-2)38(28)47-36)46-29-10-12-30(13-11-29)51-23-21-50(22-24-51)20-6-25-60-35-8-5-7-31-33(35)27-52(41(31)57)34-14-16-37(55)48-40(34)56/h3,5,7-13,15,26,34,59H,1,4,6,14,16-25,27H2,2H3,(H,45,46,49)(H,48,55,56)/t34?,44-/m1/s1. The second kappa shape index (κ2) is 16.0. The molecule has 2 saturated heterocycles. The average Bonchev–Trinajstić information content (AvgIpc) is 3.88. The van der Waals surface area contributed by atoms with Crippen LogP contribution in [0.1, 0.15) is 66.2 Å². The lowest BCUT2D eigenvalue weighted by Crippen LogP contribution is -2.52. The number of aromatic nitrogens is 5. The highest BCUT2D eigenvalue weighted by molar-refractivity contribution is 6.05. The van der Waals surface area contributed by atoms with E-state index in [1.54, 1.807) is 27.8 Å². The van der Waals surface area contributed by atoms with Gasteiger partial charge in [-0.3, -0.25) is 29.4 Å². The fourth-order valence-corrected chi connectivity index (χ4v) is 8.89. The normalized spacial score (nSPS) is 20.4. The number of rotatable bonds is 13. The first-order valence-corrected chi connectivity index (χ1v) is 20.7. The molecule has 3 aliphatic heterocycles. The molecule has 0 saturated carbocycles. The number of amides is 3. The number of aliphatic hydroxyl groups is 1. The third-order valence-corrected chi connectivity index (χ3v) is 12.3. The van der Waals surface area contributed by atoms with Crippen LogP contribution in [0.2, 0.25) is 0 Å². The molecule has 1 aliphatic carbocycles. The van der Waals surface area contributed by atoms with E-state index in [0.29, 0.717) is 65.7 Å². The van der Waals surface area contributed by atoms with Crippen LogP contribution in [0.4, 0.5) is 17.3 Å². The molecular weight excluding hydrogens is 765 g/mol. The van der Waals surface area contributed by atoms with E-state index >= 15 is 0 Å². The summed E-state index contributed by atoms with van der Waals surface area (Å²) in [5, 5.41) is 17.3. The quantitative estimate of drug-likeness (QED) is 0.0891. The van der Waals surface area contributed by atoms with Gasteiger partial charge in [0.25, 0.3) is 11.5 Å². The second-order valence-electron chi connectivity index (χ2n) is 15.9. The maximum Gasteiger partial charge on any atom is 0.278 e. The Bertz CT molecular complexity index is 2560. The molecule has 16 nitrogen and oxygen atoms in total. The number of imide groups is 1. The van der Waals surface area contributed by atoms with Gasteiger partial charge in [-0.15, -0.1) is 6.58 Å². The number of nitrogens with zero attached hydrogens (tertiary/aromatic N) is 8. The van der Waals surface area contributed by atoms with Gasteiger partial charge in [0, 0.05) is 67.8 Å². The number of benzene rings is 2. The number of piperazine rings is 1. The molecule has 9 rings (SSSR count). The van der Waals surface area contributed by atoms with Crippen LogP contribution in [-0.2, 0) is 34.7 Å². The molecule has 310 valence electrons. The molecular formula is C44H48N10O6. The number of pyridine rings is 1. The van der Waals surface area contributed by atoms with Gasteiger partial charge in [-0.2, -0.15) is 4.98 Å². The summed E-state index contributed by atoms with van der Waals surface area (Å²) < 4.78 is 9.41. The third kappa shape index (κ3) is 7.19. The van der Waals surface area contributed by atoms with Crippen LogP contribution in [0.25, 0.3) is 16.9 Å². The lowest BCUT2D eigenvalue weighted by Gasteiger charge is -2.36. The van der Waals surface area contributed by atoms with Crippen molar-refractivity contribution < 1.29 is 24.2 Å². The Morgan fingerprint density at radius 1 is 1.02 bits per heavy atom. The molecule has 3 N–H and O–H groups in total. The van der Waals surface area contributed by atoms with Crippen LogP contribution in [0.5, 0.6) is 5.75 Å². The molecule has 16 heteroatoms. The van der Waals surface area contributed by atoms with E-state index < -0.39 is 17.6 Å². The molecule has 3 aromatic heterocycles. The molecule has 4 aliphatic rings. The van der Waals surface area contributed by atoms with Crippen molar-refractivity contribution in [1.82, 2.24) is 39.4 Å². The fraction of sp³-hybridized carbons (Fsp3) is 0.386. The van der Waals surface area contributed by atoms with Crippen LogP contribution in [0.3, 0.4) is 0 Å². The number of fused-ring (bicyclic) bond motifs is 3. The number of ether oxygens (including phenoxy) is 1. The minimum Gasteiger partial charge on any atom is -0.493 e. The Morgan fingerprint density at radius 2 is 1.83 bits per heavy atom. The highest BCUT2D eigenvalue weighted by Crippen LogP contribution is 2.39. The molecule has 2 fully saturated rings. The van der Waals surface area contributed by atoms with Crippen molar-refractivity contribution in [3.05, 3.63) is 106 Å². The van der Waals surface area contributed by atoms with E-state index in [0.717, 1.165) is 68.1 Å². The Balaban J connectivity index is 0.794. The predicted molar refractivity (Wildman–Crippen MR) is 225 cm³/mol.